The summed E-state index contributed by atoms with van der Waals surface area (Å²) in [6.07, 6.45) is 0. The quantitative estimate of drug-likeness (QED) is 0.705. The molecule has 8 heteroatoms. The highest BCUT2D eigenvalue weighted by atomic mass is 32.2. The predicted molar refractivity (Wildman–Crippen MR) is 99.9 cm³/mol. The molecule has 5 nitrogen and oxygen atoms in total. The SMILES string of the molecule is O=C(CSc1n[nH]c(-c2cccs2)n1)N1CCSc2ccccc21. The van der Waals surface area contributed by atoms with Gasteiger partial charge in [-0.05, 0) is 23.6 Å². The first-order valence-electron chi connectivity index (χ1n) is 7.42. The average Bonchev–Trinajstić information content (AvgIpc) is 3.30. The third-order valence-corrected chi connectivity index (χ3v) is 6.33. The predicted octanol–water partition coefficient (Wildman–Crippen LogP) is 3.76. The third-order valence-electron chi connectivity index (χ3n) is 3.57. The zero-order chi connectivity index (χ0) is 16.4. The molecule has 1 amide bonds. The Morgan fingerprint density at radius 3 is 3.08 bits per heavy atom. The monoisotopic (exact) mass is 374 g/mol. The molecule has 1 aromatic carbocycles. The van der Waals surface area contributed by atoms with Gasteiger partial charge < -0.3 is 4.90 Å². The van der Waals surface area contributed by atoms with Crippen LogP contribution in [0.5, 0.6) is 0 Å². The molecule has 0 unspecified atom stereocenters. The Labute approximate surface area is 151 Å². The molecule has 0 radical (unpaired) electrons. The minimum absolute atomic E-state index is 0.0928. The molecule has 3 aromatic rings. The van der Waals surface area contributed by atoms with Gasteiger partial charge in [-0.1, -0.05) is 30.0 Å². The van der Waals surface area contributed by atoms with Crippen molar-refractivity contribution in [3.8, 4) is 10.7 Å². The van der Waals surface area contributed by atoms with E-state index in [2.05, 4.69) is 21.2 Å². The van der Waals surface area contributed by atoms with Crippen LogP contribution in [0.2, 0.25) is 0 Å². The molecule has 0 saturated heterocycles. The van der Waals surface area contributed by atoms with Gasteiger partial charge in [-0.15, -0.1) is 28.2 Å². The third kappa shape index (κ3) is 3.22. The molecule has 122 valence electrons. The number of hydrogen-bond acceptors (Lipinski definition) is 6. The fourth-order valence-corrected chi connectivity index (χ4v) is 4.80. The Kier molecular flexibility index (Phi) is 4.59. The lowest BCUT2D eigenvalue weighted by Crippen LogP contribution is -2.36. The number of carbonyl (C=O) groups is 1. The molecule has 1 aliphatic heterocycles. The lowest BCUT2D eigenvalue weighted by molar-refractivity contribution is -0.116. The first-order valence-corrected chi connectivity index (χ1v) is 10.3. The Morgan fingerprint density at radius 1 is 1.29 bits per heavy atom. The molecule has 4 rings (SSSR count). The largest absolute Gasteiger partial charge is 0.310 e. The number of fused-ring (bicyclic) bond motifs is 1. The highest BCUT2D eigenvalue weighted by Gasteiger charge is 2.23. The molecule has 1 aliphatic rings. The van der Waals surface area contributed by atoms with E-state index in [1.165, 1.54) is 16.7 Å². The second kappa shape index (κ2) is 7.00. The average molecular weight is 375 g/mol. The summed E-state index contributed by atoms with van der Waals surface area (Å²) in [6, 6.07) is 12.0. The number of aromatic amines is 1. The van der Waals surface area contributed by atoms with E-state index in [1.54, 1.807) is 23.1 Å². The van der Waals surface area contributed by atoms with Crippen molar-refractivity contribution in [1.82, 2.24) is 15.2 Å². The summed E-state index contributed by atoms with van der Waals surface area (Å²) in [5, 5.41) is 9.72. The van der Waals surface area contributed by atoms with E-state index in [1.807, 2.05) is 40.6 Å². The summed E-state index contributed by atoms with van der Waals surface area (Å²) in [5.41, 5.74) is 1.01. The maximum atomic E-state index is 12.6. The molecule has 0 fully saturated rings. The van der Waals surface area contributed by atoms with Crippen molar-refractivity contribution >= 4 is 46.5 Å². The van der Waals surface area contributed by atoms with E-state index >= 15 is 0 Å². The van der Waals surface area contributed by atoms with E-state index in [0.717, 1.165) is 28.7 Å². The fourth-order valence-electron chi connectivity index (χ4n) is 2.47. The normalized spacial score (nSPS) is 13.8. The van der Waals surface area contributed by atoms with E-state index in [-0.39, 0.29) is 5.91 Å². The van der Waals surface area contributed by atoms with Crippen molar-refractivity contribution in [3.63, 3.8) is 0 Å². The highest BCUT2D eigenvalue weighted by Crippen LogP contribution is 2.34. The highest BCUT2D eigenvalue weighted by molar-refractivity contribution is 8.00. The van der Waals surface area contributed by atoms with Gasteiger partial charge in [0.2, 0.25) is 11.1 Å². The second-order valence-corrected chi connectivity index (χ2v) is 8.12. The number of rotatable bonds is 4. The van der Waals surface area contributed by atoms with Gasteiger partial charge in [0, 0.05) is 17.2 Å². The van der Waals surface area contributed by atoms with Crippen molar-refractivity contribution in [3.05, 3.63) is 41.8 Å². The Morgan fingerprint density at radius 2 is 2.21 bits per heavy atom. The molecular formula is C16H14N4OS3. The molecule has 0 aliphatic carbocycles. The van der Waals surface area contributed by atoms with Gasteiger partial charge in [0.1, 0.15) is 0 Å². The lowest BCUT2D eigenvalue weighted by Gasteiger charge is -2.28. The zero-order valence-corrected chi connectivity index (χ0v) is 15.1. The number of anilines is 1. The molecule has 0 atom stereocenters. The van der Waals surface area contributed by atoms with Gasteiger partial charge in [0.05, 0.1) is 16.3 Å². The van der Waals surface area contributed by atoms with Gasteiger partial charge in [-0.25, -0.2) is 4.98 Å². The van der Waals surface area contributed by atoms with Crippen molar-refractivity contribution in [2.24, 2.45) is 0 Å². The Hall–Kier alpha value is -1.77. The Balaban J connectivity index is 1.43. The summed E-state index contributed by atoms with van der Waals surface area (Å²) in [5.74, 6) is 2.10. The van der Waals surface area contributed by atoms with E-state index < -0.39 is 0 Å². The van der Waals surface area contributed by atoms with E-state index in [4.69, 9.17) is 0 Å². The zero-order valence-electron chi connectivity index (χ0n) is 12.6. The summed E-state index contributed by atoms with van der Waals surface area (Å²) >= 11 is 4.77. The number of nitrogens with one attached hydrogen (secondary N) is 1. The standard InChI is InChI=1S/C16H14N4OS3/c21-14(20-7-9-23-12-5-2-1-4-11(12)20)10-24-16-17-15(18-19-16)13-6-3-8-22-13/h1-6,8H,7,9-10H2,(H,17,18,19). The van der Waals surface area contributed by atoms with Crippen molar-refractivity contribution in [1.29, 1.82) is 0 Å². The number of carbonyl (C=O) groups excluding carboxylic acids is 1. The van der Waals surface area contributed by atoms with Crippen LogP contribution < -0.4 is 4.90 Å². The molecular weight excluding hydrogens is 360 g/mol. The Bertz CT molecular complexity index is 847. The van der Waals surface area contributed by atoms with Gasteiger partial charge in [-0.3, -0.25) is 9.89 Å². The van der Waals surface area contributed by atoms with Crippen LogP contribution in [0.4, 0.5) is 5.69 Å². The maximum absolute atomic E-state index is 12.6. The molecule has 3 heterocycles. The molecule has 24 heavy (non-hydrogen) atoms. The molecule has 0 bridgehead atoms. The summed E-state index contributed by atoms with van der Waals surface area (Å²) in [6.45, 7) is 0.746. The van der Waals surface area contributed by atoms with Gasteiger partial charge in [0.15, 0.2) is 5.82 Å². The number of thiophene rings is 1. The summed E-state index contributed by atoms with van der Waals surface area (Å²) < 4.78 is 0. The molecule has 2 aromatic heterocycles. The van der Waals surface area contributed by atoms with Crippen LogP contribution in [0.15, 0.2) is 51.8 Å². The van der Waals surface area contributed by atoms with E-state index in [9.17, 15) is 4.79 Å². The number of aromatic nitrogens is 3. The summed E-state index contributed by atoms with van der Waals surface area (Å²) in [7, 11) is 0. The van der Waals surface area contributed by atoms with Crippen molar-refractivity contribution in [2.45, 2.75) is 10.1 Å². The first-order chi connectivity index (χ1) is 11.8. The molecule has 0 spiro atoms. The minimum atomic E-state index is 0.0928. The van der Waals surface area contributed by atoms with Crippen LogP contribution in [0.1, 0.15) is 0 Å². The number of para-hydroxylation sites is 1. The van der Waals surface area contributed by atoms with Crippen molar-refractivity contribution in [2.75, 3.05) is 23.0 Å². The second-order valence-electron chi connectivity index (χ2n) is 5.09. The number of nitrogens with zero attached hydrogens (tertiary/aromatic N) is 3. The topological polar surface area (TPSA) is 61.9 Å². The van der Waals surface area contributed by atoms with Crippen LogP contribution in [-0.4, -0.2) is 39.1 Å². The lowest BCUT2D eigenvalue weighted by atomic mass is 10.3. The molecule has 1 N–H and O–H groups in total. The van der Waals surface area contributed by atoms with Gasteiger partial charge in [-0.2, -0.15) is 0 Å². The first kappa shape index (κ1) is 15.7. The number of benzene rings is 1. The summed E-state index contributed by atoms with van der Waals surface area (Å²) in [4.78, 5) is 21.1. The van der Waals surface area contributed by atoms with Crippen LogP contribution in [0.25, 0.3) is 10.7 Å². The number of thioether (sulfide) groups is 2. The maximum Gasteiger partial charge on any atom is 0.237 e. The van der Waals surface area contributed by atoms with Crippen molar-refractivity contribution < 1.29 is 4.79 Å². The smallest absolute Gasteiger partial charge is 0.237 e. The van der Waals surface area contributed by atoms with E-state index in [0.29, 0.717) is 10.9 Å². The van der Waals surface area contributed by atoms with Crippen LogP contribution in [0, 0.1) is 0 Å². The number of H-pyrrole nitrogens is 1. The van der Waals surface area contributed by atoms with Gasteiger partial charge >= 0.3 is 0 Å². The van der Waals surface area contributed by atoms with Crippen LogP contribution >= 0.6 is 34.9 Å². The molecule has 0 saturated carbocycles. The number of hydrogen-bond donors (Lipinski definition) is 1. The van der Waals surface area contributed by atoms with Gasteiger partial charge in [0.25, 0.3) is 0 Å². The van der Waals surface area contributed by atoms with Crippen LogP contribution in [0.3, 0.4) is 0 Å². The van der Waals surface area contributed by atoms with Crippen LogP contribution in [-0.2, 0) is 4.79 Å². The minimum Gasteiger partial charge on any atom is -0.310 e. The number of amides is 1. The fraction of sp³-hybridized carbons (Fsp3) is 0.188.